The third-order valence-corrected chi connectivity index (χ3v) is 2.96. The van der Waals surface area contributed by atoms with E-state index >= 15 is 0 Å². The van der Waals surface area contributed by atoms with Crippen LogP contribution >= 0.6 is 0 Å². The van der Waals surface area contributed by atoms with Crippen molar-refractivity contribution in [3.05, 3.63) is 25.3 Å². The van der Waals surface area contributed by atoms with E-state index in [-0.39, 0.29) is 19.3 Å². The van der Waals surface area contributed by atoms with E-state index in [4.69, 9.17) is 14.2 Å². The first-order valence-corrected chi connectivity index (χ1v) is 7.28. The van der Waals surface area contributed by atoms with Crippen LogP contribution in [0.25, 0.3) is 0 Å². The molecule has 6 heteroatoms. The van der Waals surface area contributed by atoms with Crippen molar-refractivity contribution >= 4 is 12.1 Å². The highest BCUT2D eigenvalue weighted by Crippen LogP contribution is 2.24. The van der Waals surface area contributed by atoms with E-state index in [2.05, 4.69) is 13.2 Å². The van der Waals surface area contributed by atoms with Gasteiger partial charge in [0.1, 0.15) is 18.2 Å². The maximum absolute atomic E-state index is 12.3. The van der Waals surface area contributed by atoms with E-state index in [0.29, 0.717) is 13.0 Å². The Morgan fingerprint density at radius 1 is 1.23 bits per heavy atom. The molecule has 0 radical (unpaired) electrons. The number of nitrogens with zero attached hydrogens (tertiary/aromatic N) is 1. The fraction of sp³-hybridized carbons (Fsp3) is 0.625. The molecule has 0 spiro atoms. The van der Waals surface area contributed by atoms with Crippen molar-refractivity contribution in [2.45, 2.75) is 44.9 Å². The predicted octanol–water partition coefficient (Wildman–Crippen LogP) is 2.30. The number of rotatable bonds is 6. The maximum atomic E-state index is 12.3. The van der Waals surface area contributed by atoms with E-state index in [1.807, 2.05) is 0 Å². The largest absolute Gasteiger partial charge is 0.460 e. The quantitative estimate of drug-likeness (QED) is 0.556. The fourth-order valence-electron chi connectivity index (χ4n) is 2.11. The number of hydrogen-bond acceptors (Lipinski definition) is 5. The Balaban J connectivity index is 2.78. The molecule has 1 aliphatic rings. The van der Waals surface area contributed by atoms with Crippen LogP contribution in [0.2, 0.25) is 0 Å². The van der Waals surface area contributed by atoms with Gasteiger partial charge in [0, 0.05) is 6.42 Å². The van der Waals surface area contributed by atoms with Gasteiger partial charge in [-0.1, -0.05) is 18.7 Å². The van der Waals surface area contributed by atoms with Crippen molar-refractivity contribution < 1.29 is 23.8 Å². The van der Waals surface area contributed by atoms with Crippen LogP contribution in [-0.4, -0.2) is 54.5 Å². The lowest BCUT2D eigenvalue weighted by Crippen LogP contribution is -2.44. The van der Waals surface area contributed by atoms with Crippen molar-refractivity contribution in [2.75, 3.05) is 19.8 Å². The molecule has 1 amide bonds. The Morgan fingerprint density at radius 2 is 1.86 bits per heavy atom. The number of hydrogen-bond donors (Lipinski definition) is 0. The lowest BCUT2D eigenvalue weighted by molar-refractivity contribution is -0.147. The van der Waals surface area contributed by atoms with E-state index in [1.165, 1.54) is 11.0 Å². The third-order valence-electron chi connectivity index (χ3n) is 2.96. The van der Waals surface area contributed by atoms with Crippen LogP contribution in [0.15, 0.2) is 25.3 Å². The molecule has 1 rings (SSSR count). The van der Waals surface area contributed by atoms with Gasteiger partial charge in [-0.3, -0.25) is 4.90 Å². The second kappa shape index (κ2) is 7.98. The van der Waals surface area contributed by atoms with Gasteiger partial charge in [0.25, 0.3) is 0 Å². The van der Waals surface area contributed by atoms with Crippen molar-refractivity contribution in [1.29, 1.82) is 0 Å². The zero-order chi connectivity index (χ0) is 16.8. The lowest BCUT2D eigenvalue weighted by Gasteiger charge is -2.27. The minimum atomic E-state index is -0.704. The average molecular weight is 311 g/mol. The number of amides is 1. The molecule has 0 aromatic heterocycles. The summed E-state index contributed by atoms with van der Waals surface area (Å²) in [6, 6.07) is -0.704. The molecule has 0 bridgehead atoms. The summed E-state index contributed by atoms with van der Waals surface area (Å²) in [4.78, 5) is 25.7. The van der Waals surface area contributed by atoms with E-state index < -0.39 is 23.7 Å². The van der Waals surface area contributed by atoms with Gasteiger partial charge in [0.15, 0.2) is 0 Å². The SMILES string of the molecule is C=CCOC(=O)[C@@H]1CC(OCC=C)CN1C(=O)OC(C)(C)C. The summed E-state index contributed by atoms with van der Waals surface area (Å²) in [6.45, 7) is 13.2. The summed E-state index contributed by atoms with van der Waals surface area (Å²) in [5, 5.41) is 0. The summed E-state index contributed by atoms with van der Waals surface area (Å²) in [5.74, 6) is -0.476. The summed E-state index contributed by atoms with van der Waals surface area (Å²) in [7, 11) is 0. The molecule has 22 heavy (non-hydrogen) atoms. The van der Waals surface area contributed by atoms with Gasteiger partial charge in [0.2, 0.25) is 0 Å². The lowest BCUT2D eigenvalue weighted by atomic mass is 10.2. The molecule has 124 valence electrons. The van der Waals surface area contributed by atoms with Crippen LogP contribution in [0.5, 0.6) is 0 Å². The Morgan fingerprint density at radius 3 is 2.41 bits per heavy atom. The minimum Gasteiger partial charge on any atom is -0.460 e. The number of carbonyl (C=O) groups excluding carboxylic acids is 2. The van der Waals surface area contributed by atoms with Gasteiger partial charge in [0.05, 0.1) is 19.3 Å². The second-order valence-electron chi connectivity index (χ2n) is 6.05. The monoisotopic (exact) mass is 311 g/mol. The first-order chi connectivity index (χ1) is 10.3. The van der Waals surface area contributed by atoms with Gasteiger partial charge in [-0.2, -0.15) is 0 Å². The number of likely N-dealkylation sites (tertiary alicyclic amines) is 1. The summed E-state index contributed by atoms with van der Waals surface area (Å²) < 4.78 is 16.0. The molecule has 0 aromatic rings. The summed E-state index contributed by atoms with van der Waals surface area (Å²) in [6.07, 6.45) is 2.70. The topological polar surface area (TPSA) is 65.1 Å². The molecule has 0 aromatic carbocycles. The van der Waals surface area contributed by atoms with Crippen LogP contribution in [0.3, 0.4) is 0 Å². The van der Waals surface area contributed by atoms with Gasteiger partial charge in [-0.05, 0) is 20.8 Å². The van der Waals surface area contributed by atoms with Crippen LogP contribution in [0.4, 0.5) is 4.79 Å². The Hall–Kier alpha value is -1.82. The fourth-order valence-corrected chi connectivity index (χ4v) is 2.11. The molecule has 0 aliphatic carbocycles. The smallest absolute Gasteiger partial charge is 0.411 e. The number of carbonyl (C=O) groups is 2. The minimum absolute atomic E-state index is 0.107. The summed E-state index contributed by atoms with van der Waals surface area (Å²) >= 11 is 0. The number of ether oxygens (including phenoxy) is 3. The molecular weight excluding hydrogens is 286 g/mol. The second-order valence-corrected chi connectivity index (χ2v) is 6.05. The summed E-state index contributed by atoms with van der Waals surface area (Å²) in [5.41, 5.74) is -0.632. The van der Waals surface area contributed by atoms with Gasteiger partial charge in [-0.15, -0.1) is 6.58 Å². The molecule has 1 unspecified atom stereocenters. The van der Waals surface area contributed by atoms with E-state index in [0.717, 1.165) is 0 Å². The maximum Gasteiger partial charge on any atom is 0.411 e. The Bertz CT molecular complexity index is 427. The van der Waals surface area contributed by atoms with Crippen molar-refractivity contribution in [1.82, 2.24) is 4.90 Å². The normalized spacial score (nSPS) is 21.3. The van der Waals surface area contributed by atoms with Crippen LogP contribution < -0.4 is 0 Å². The molecule has 1 fully saturated rings. The first-order valence-electron chi connectivity index (χ1n) is 7.28. The highest BCUT2D eigenvalue weighted by atomic mass is 16.6. The van der Waals surface area contributed by atoms with Gasteiger partial charge < -0.3 is 14.2 Å². The Kier molecular flexibility index (Phi) is 6.61. The standard InChI is InChI=1S/C16H25NO5/c1-6-8-20-12-10-13(14(18)21-9-7-2)17(11-12)15(19)22-16(3,4)5/h6-7,12-13H,1-2,8-11H2,3-5H3/t12?,13-/m0/s1. The van der Waals surface area contributed by atoms with Gasteiger partial charge >= 0.3 is 12.1 Å². The van der Waals surface area contributed by atoms with Crippen molar-refractivity contribution in [3.63, 3.8) is 0 Å². The van der Waals surface area contributed by atoms with Crippen molar-refractivity contribution in [3.8, 4) is 0 Å². The highest BCUT2D eigenvalue weighted by Gasteiger charge is 2.42. The molecule has 0 N–H and O–H groups in total. The predicted molar refractivity (Wildman–Crippen MR) is 82.4 cm³/mol. The molecule has 1 saturated heterocycles. The molecule has 6 nitrogen and oxygen atoms in total. The van der Waals surface area contributed by atoms with E-state index in [9.17, 15) is 9.59 Å². The third kappa shape index (κ3) is 5.52. The highest BCUT2D eigenvalue weighted by molar-refractivity contribution is 5.82. The molecule has 2 atom stereocenters. The molecular formula is C16H25NO5. The first kappa shape index (κ1) is 18.2. The van der Waals surface area contributed by atoms with Crippen LogP contribution in [0, 0.1) is 0 Å². The number of esters is 1. The van der Waals surface area contributed by atoms with Crippen LogP contribution in [0.1, 0.15) is 27.2 Å². The van der Waals surface area contributed by atoms with E-state index in [1.54, 1.807) is 26.8 Å². The van der Waals surface area contributed by atoms with Crippen molar-refractivity contribution in [2.24, 2.45) is 0 Å². The van der Waals surface area contributed by atoms with Gasteiger partial charge in [-0.25, -0.2) is 9.59 Å². The molecule has 1 aliphatic heterocycles. The zero-order valence-corrected chi connectivity index (χ0v) is 13.5. The molecule has 0 saturated carbocycles. The Labute approximate surface area is 131 Å². The zero-order valence-electron chi connectivity index (χ0n) is 13.5. The average Bonchev–Trinajstić information content (AvgIpc) is 2.85. The molecule has 1 heterocycles. The van der Waals surface area contributed by atoms with Crippen LogP contribution in [-0.2, 0) is 19.0 Å².